The minimum atomic E-state index is -0.451. The quantitative estimate of drug-likeness (QED) is 0.383. The fourth-order valence-corrected chi connectivity index (χ4v) is 4.20. The second-order valence-corrected chi connectivity index (χ2v) is 8.58. The van der Waals surface area contributed by atoms with Gasteiger partial charge in [-0.1, -0.05) is 0 Å². The van der Waals surface area contributed by atoms with Crippen molar-refractivity contribution in [3.63, 3.8) is 0 Å². The van der Waals surface area contributed by atoms with Crippen LogP contribution in [0.3, 0.4) is 0 Å². The first-order valence-electron chi connectivity index (χ1n) is 11.6. The Morgan fingerprint density at radius 2 is 2.06 bits per heavy atom. The van der Waals surface area contributed by atoms with Crippen molar-refractivity contribution in [3.8, 4) is 11.5 Å². The lowest BCUT2D eigenvalue weighted by Gasteiger charge is -2.33. The van der Waals surface area contributed by atoms with E-state index in [4.69, 9.17) is 9.72 Å². The topological polar surface area (TPSA) is 118 Å². The van der Waals surface area contributed by atoms with Crippen molar-refractivity contribution in [1.82, 2.24) is 39.9 Å². The van der Waals surface area contributed by atoms with Gasteiger partial charge in [0.2, 0.25) is 5.95 Å². The van der Waals surface area contributed by atoms with E-state index in [1.165, 1.54) is 12.7 Å². The summed E-state index contributed by atoms with van der Waals surface area (Å²) >= 11 is 0. The molecule has 6 rings (SSSR count). The molecule has 11 nitrogen and oxygen atoms in total. The molecule has 12 heteroatoms. The zero-order valence-electron chi connectivity index (χ0n) is 19.7. The molecular formula is C24H23FN10O. The largest absolute Gasteiger partial charge is 0.457 e. The lowest BCUT2D eigenvalue weighted by molar-refractivity contribution is 0.471. The van der Waals surface area contributed by atoms with Gasteiger partial charge in [0.15, 0.2) is 17.3 Å². The minimum absolute atomic E-state index is 0.246. The van der Waals surface area contributed by atoms with Gasteiger partial charge in [-0.25, -0.2) is 33.8 Å². The third-order valence-electron chi connectivity index (χ3n) is 6.19. The number of rotatable bonds is 5. The van der Waals surface area contributed by atoms with E-state index in [2.05, 4.69) is 47.5 Å². The number of hydrogen-bond acceptors (Lipinski definition) is 10. The summed E-state index contributed by atoms with van der Waals surface area (Å²) in [6.45, 7) is 6.28. The molecule has 2 N–H and O–H groups in total. The van der Waals surface area contributed by atoms with Crippen LogP contribution in [0, 0.1) is 12.7 Å². The molecule has 0 radical (unpaired) electrons. The van der Waals surface area contributed by atoms with E-state index in [0.29, 0.717) is 45.5 Å². The second-order valence-electron chi connectivity index (χ2n) is 8.58. The van der Waals surface area contributed by atoms with Crippen molar-refractivity contribution in [3.05, 3.63) is 60.7 Å². The molecule has 1 fully saturated rings. The molecule has 1 saturated heterocycles. The van der Waals surface area contributed by atoms with Crippen molar-refractivity contribution in [2.75, 3.05) is 29.9 Å². The first kappa shape index (κ1) is 22.0. The number of piperazine rings is 1. The summed E-state index contributed by atoms with van der Waals surface area (Å²) in [5, 5.41) is 10.5. The summed E-state index contributed by atoms with van der Waals surface area (Å²) < 4.78 is 23.0. The molecule has 5 heterocycles. The van der Waals surface area contributed by atoms with Crippen molar-refractivity contribution >= 4 is 34.1 Å². The van der Waals surface area contributed by atoms with E-state index >= 15 is 4.39 Å². The maximum Gasteiger partial charge on any atom is 0.226 e. The Bertz CT molecular complexity index is 1570. The zero-order chi connectivity index (χ0) is 24.6. The molecule has 0 bridgehead atoms. The van der Waals surface area contributed by atoms with Gasteiger partial charge in [0.05, 0.1) is 11.9 Å². The molecule has 1 aliphatic rings. The van der Waals surface area contributed by atoms with Crippen molar-refractivity contribution in [2.24, 2.45) is 0 Å². The fraction of sp³-hybridized carbons (Fsp3) is 0.250. The molecule has 0 saturated carbocycles. The number of benzene rings is 1. The van der Waals surface area contributed by atoms with Crippen LogP contribution in [0.4, 0.5) is 21.8 Å². The maximum atomic E-state index is 15.4. The second kappa shape index (κ2) is 8.96. The number of hydrogen-bond donors (Lipinski definition) is 2. The summed E-state index contributed by atoms with van der Waals surface area (Å²) in [6, 6.07) is 7.05. The number of aromatic nitrogens is 7. The Kier molecular flexibility index (Phi) is 5.49. The molecule has 0 spiro atoms. The van der Waals surface area contributed by atoms with Gasteiger partial charge in [-0.2, -0.15) is 5.10 Å². The molecule has 0 unspecified atom stereocenters. The summed E-state index contributed by atoms with van der Waals surface area (Å²) in [6.07, 6.45) is 6.27. The highest BCUT2D eigenvalue weighted by atomic mass is 19.1. The first-order chi connectivity index (χ1) is 17.6. The van der Waals surface area contributed by atoms with Crippen LogP contribution < -0.4 is 20.3 Å². The van der Waals surface area contributed by atoms with Gasteiger partial charge in [-0.05, 0) is 32.0 Å². The Hall–Kier alpha value is -4.45. The van der Waals surface area contributed by atoms with Crippen LogP contribution in [0.25, 0.3) is 16.7 Å². The molecule has 5 aromatic rings. The Balaban J connectivity index is 1.30. The Morgan fingerprint density at radius 1 is 1.14 bits per heavy atom. The third-order valence-corrected chi connectivity index (χ3v) is 6.19. The van der Waals surface area contributed by atoms with Gasteiger partial charge in [0, 0.05) is 43.5 Å². The van der Waals surface area contributed by atoms with Crippen LogP contribution in [-0.4, -0.2) is 60.2 Å². The van der Waals surface area contributed by atoms with Gasteiger partial charge in [0.1, 0.15) is 35.2 Å². The number of fused-ring (bicyclic) bond motifs is 2. The molecule has 0 aliphatic carbocycles. The third kappa shape index (κ3) is 4.01. The van der Waals surface area contributed by atoms with Crippen molar-refractivity contribution < 1.29 is 9.13 Å². The average Bonchev–Trinajstić information content (AvgIpc) is 3.37. The normalized spacial score (nSPS) is 16.0. The summed E-state index contributed by atoms with van der Waals surface area (Å²) in [5.41, 5.74) is 2.33. The van der Waals surface area contributed by atoms with E-state index < -0.39 is 5.82 Å². The van der Waals surface area contributed by atoms with Crippen LogP contribution in [0.1, 0.15) is 12.5 Å². The van der Waals surface area contributed by atoms with Gasteiger partial charge in [-0.15, -0.1) is 0 Å². The summed E-state index contributed by atoms with van der Waals surface area (Å²) in [7, 11) is 0. The fourth-order valence-electron chi connectivity index (χ4n) is 4.20. The molecular weight excluding hydrogens is 463 g/mol. The number of nitrogens with zero attached hydrogens (tertiary/aromatic N) is 8. The number of pyridine rings is 1. The Labute approximate surface area is 205 Å². The maximum absolute atomic E-state index is 15.4. The number of nitrogens with one attached hydrogen (secondary N) is 2. The molecule has 36 heavy (non-hydrogen) atoms. The monoisotopic (exact) mass is 486 g/mol. The summed E-state index contributed by atoms with van der Waals surface area (Å²) in [5.74, 6) is 1.47. The first-order valence-corrected chi connectivity index (χ1v) is 11.6. The molecule has 0 amide bonds. The van der Waals surface area contributed by atoms with Gasteiger partial charge >= 0.3 is 0 Å². The SMILES string of the molecule is Cc1c(Oc2ccn3ncnc3c2)ccc(Nc2ncnc3cnc(N4CCNC[C@H]4C)nc23)c1F. The number of ether oxygens (including phenoxy) is 1. The molecule has 1 atom stereocenters. The highest BCUT2D eigenvalue weighted by Gasteiger charge is 2.22. The van der Waals surface area contributed by atoms with Gasteiger partial charge < -0.3 is 20.3 Å². The van der Waals surface area contributed by atoms with E-state index in [9.17, 15) is 0 Å². The van der Waals surface area contributed by atoms with Crippen molar-refractivity contribution in [1.29, 1.82) is 0 Å². The van der Waals surface area contributed by atoms with Crippen LogP contribution >= 0.6 is 0 Å². The highest BCUT2D eigenvalue weighted by Crippen LogP contribution is 2.33. The zero-order valence-corrected chi connectivity index (χ0v) is 19.7. The minimum Gasteiger partial charge on any atom is -0.457 e. The average molecular weight is 487 g/mol. The van der Waals surface area contributed by atoms with Crippen molar-refractivity contribution in [2.45, 2.75) is 19.9 Å². The van der Waals surface area contributed by atoms with Crippen LogP contribution in [0.15, 0.2) is 49.3 Å². The molecule has 4 aromatic heterocycles. The van der Waals surface area contributed by atoms with Crippen LogP contribution in [-0.2, 0) is 0 Å². The van der Waals surface area contributed by atoms with E-state index in [1.807, 2.05) is 0 Å². The van der Waals surface area contributed by atoms with Gasteiger partial charge in [0.25, 0.3) is 0 Å². The lowest BCUT2D eigenvalue weighted by Crippen LogP contribution is -2.50. The van der Waals surface area contributed by atoms with E-state index in [0.717, 1.165) is 19.6 Å². The van der Waals surface area contributed by atoms with E-state index in [1.54, 1.807) is 48.1 Å². The van der Waals surface area contributed by atoms with Crippen LogP contribution in [0.5, 0.6) is 11.5 Å². The van der Waals surface area contributed by atoms with E-state index in [-0.39, 0.29) is 11.7 Å². The van der Waals surface area contributed by atoms with Gasteiger partial charge in [-0.3, -0.25) is 0 Å². The summed E-state index contributed by atoms with van der Waals surface area (Å²) in [4.78, 5) is 24.1. The predicted octanol–water partition coefficient (Wildman–Crippen LogP) is 3.24. The highest BCUT2D eigenvalue weighted by molar-refractivity contribution is 5.87. The van der Waals surface area contributed by atoms with Crippen LogP contribution in [0.2, 0.25) is 0 Å². The number of anilines is 3. The molecule has 1 aromatic carbocycles. The Morgan fingerprint density at radius 3 is 2.94 bits per heavy atom. The molecule has 1 aliphatic heterocycles. The number of halogens is 1. The smallest absolute Gasteiger partial charge is 0.226 e. The lowest BCUT2D eigenvalue weighted by atomic mass is 10.1. The standard InChI is InChI=1S/C24H23FN10O/c1-14-10-26-6-8-34(14)24-27-11-18-22(33-24)23(30-12-28-18)32-17-3-4-19(15(2)21(17)25)36-16-5-7-35-20(9-16)29-13-31-35/h3-5,7,9,11-14,26H,6,8,10H2,1-2H3,(H,28,30,32)/t14-/m1/s1. The molecule has 182 valence electrons. The predicted molar refractivity (Wildman–Crippen MR) is 132 cm³/mol.